The van der Waals surface area contributed by atoms with Gasteiger partial charge in [-0.25, -0.2) is 14.4 Å². The summed E-state index contributed by atoms with van der Waals surface area (Å²) >= 11 is 12.1. The zero-order valence-corrected chi connectivity index (χ0v) is 20.3. The number of ether oxygens (including phenoxy) is 1. The van der Waals surface area contributed by atoms with Crippen LogP contribution in [0, 0.1) is 5.82 Å². The average Bonchev–Trinajstić information content (AvgIpc) is 3.16. The lowest BCUT2D eigenvalue weighted by Gasteiger charge is -2.27. The number of aliphatic hydroxyl groups excluding tert-OH is 1. The van der Waals surface area contributed by atoms with Gasteiger partial charge < -0.3 is 20.1 Å². The summed E-state index contributed by atoms with van der Waals surface area (Å²) < 4.78 is 19.4. The number of aliphatic hydroxyl groups is 1. The van der Waals surface area contributed by atoms with Gasteiger partial charge in [0.15, 0.2) is 0 Å². The molecular weight excluding hydrogens is 498 g/mol. The van der Waals surface area contributed by atoms with Crippen molar-refractivity contribution < 1.29 is 23.8 Å². The molecule has 2 unspecified atom stereocenters. The van der Waals surface area contributed by atoms with E-state index in [1.54, 1.807) is 25.1 Å². The van der Waals surface area contributed by atoms with Crippen molar-refractivity contribution in [1.82, 2.24) is 20.2 Å². The van der Waals surface area contributed by atoms with E-state index in [0.29, 0.717) is 28.1 Å². The summed E-state index contributed by atoms with van der Waals surface area (Å²) in [7, 11) is 1.46. The Morgan fingerprint density at radius 2 is 2.06 bits per heavy atom. The topological polar surface area (TPSA) is 105 Å². The largest absolute Gasteiger partial charge is 0.497 e. The third-order valence-electron chi connectivity index (χ3n) is 5.81. The molecule has 2 aromatic carbocycles. The first-order valence-electron chi connectivity index (χ1n) is 10.6. The maximum absolute atomic E-state index is 14.3. The molecule has 0 saturated heterocycles. The van der Waals surface area contributed by atoms with Crippen LogP contribution in [0.2, 0.25) is 10.3 Å². The predicted octanol–water partition coefficient (Wildman–Crippen LogP) is 3.79. The lowest BCUT2D eigenvalue weighted by molar-refractivity contribution is -0.127. The quantitative estimate of drug-likeness (QED) is 0.461. The summed E-state index contributed by atoms with van der Waals surface area (Å²) in [5, 5.41) is 12.9. The molecule has 0 spiro atoms. The standard InChI is InChI=1S/C24H21Cl2FN4O4/c1-12(16-8-15(35-2)5-6-19(16)27)29-22(33)20(11-32)31-10-14-4-3-13(7-17(14)23(31)34)21-18(25)9-28-24(26)30-21/h3-9,12,20,32H,10-11H2,1-2H3,(H,29,33). The summed E-state index contributed by atoms with van der Waals surface area (Å²) in [5.41, 5.74) is 2.17. The number of carbonyl (C=O) groups is 2. The van der Waals surface area contributed by atoms with Crippen molar-refractivity contribution in [3.8, 4) is 17.0 Å². The number of benzene rings is 2. The van der Waals surface area contributed by atoms with E-state index in [4.69, 9.17) is 27.9 Å². The molecule has 11 heteroatoms. The zero-order valence-electron chi connectivity index (χ0n) is 18.8. The molecule has 4 rings (SSSR count). The van der Waals surface area contributed by atoms with Crippen LogP contribution in [-0.2, 0) is 11.3 Å². The number of nitrogens with one attached hydrogen (secondary N) is 1. The highest BCUT2D eigenvalue weighted by molar-refractivity contribution is 6.33. The molecule has 1 aliphatic heterocycles. The van der Waals surface area contributed by atoms with Gasteiger partial charge in [0.2, 0.25) is 11.2 Å². The predicted molar refractivity (Wildman–Crippen MR) is 128 cm³/mol. The third kappa shape index (κ3) is 4.93. The summed E-state index contributed by atoms with van der Waals surface area (Å²) in [5.74, 6) is -1.13. The van der Waals surface area contributed by atoms with Crippen LogP contribution in [0.4, 0.5) is 4.39 Å². The highest BCUT2D eigenvalue weighted by Gasteiger charge is 2.37. The van der Waals surface area contributed by atoms with Crippen LogP contribution in [-0.4, -0.2) is 51.5 Å². The monoisotopic (exact) mass is 518 g/mol. The molecule has 1 aromatic heterocycles. The smallest absolute Gasteiger partial charge is 0.255 e. The van der Waals surface area contributed by atoms with Crippen LogP contribution in [0.5, 0.6) is 5.75 Å². The Labute approximate surface area is 210 Å². The molecule has 2 amide bonds. The molecule has 1 aliphatic rings. The molecule has 8 nitrogen and oxygen atoms in total. The number of carbonyl (C=O) groups excluding carboxylic acids is 2. The molecule has 35 heavy (non-hydrogen) atoms. The number of fused-ring (bicyclic) bond motifs is 1. The van der Waals surface area contributed by atoms with Crippen molar-refractivity contribution in [1.29, 1.82) is 0 Å². The van der Waals surface area contributed by atoms with Gasteiger partial charge in [0.1, 0.15) is 17.6 Å². The fourth-order valence-corrected chi connectivity index (χ4v) is 4.29. The Balaban J connectivity index is 1.55. The second-order valence-electron chi connectivity index (χ2n) is 7.96. The number of hydrogen-bond donors (Lipinski definition) is 2. The molecule has 2 atom stereocenters. The minimum Gasteiger partial charge on any atom is -0.497 e. The summed E-state index contributed by atoms with van der Waals surface area (Å²) in [6, 6.07) is 7.38. The molecule has 3 aromatic rings. The van der Waals surface area contributed by atoms with Gasteiger partial charge in [-0.05, 0) is 48.4 Å². The second-order valence-corrected chi connectivity index (χ2v) is 8.70. The Kier molecular flexibility index (Phi) is 7.20. The van der Waals surface area contributed by atoms with Crippen LogP contribution >= 0.6 is 23.2 Å². The highest BCUT2D eigenvalue weighted by Crippen LogP contribution is 2.32. The van der Waals surface area contributed by atoms with Crippen molar-refractivity contribution in [2.75, 3.05) is 13.7 Å². The second kappa shape index (κ2) is 10.2. The van der Waals surface area contributed by atoms with E-state index in [1.807, 2.05) is 0 Å². The molecule has 182 valence electrons. The van der Waals surface area contributed by atoms with Gasteiger partial charge in [-0.3, -0.25) is 9.59 Å². The van der Waals surface area contributed by atoms with Gasteiger partial charge >= 0.3 is 0 Å². The molecule has 0 radical (unpaired) electrons. The summed E-state index contributed by atoms with van der Waals surface area (Å²) in [4.78, 5) is 35.4. The molecule has 0 saturated carbocycles. The Morgan fingerprint density at radius 1 is 1.29 bits per heavy atom. The normalized spacial score (nSPS) is 14.5. The molecule has 2 heterocycles. The number of nitrogens with zero attached hydrogens (tertiary/aromatic N) is 3. The first kappa shape index (κ1) is 24.8. The maximum atomic E-state index is 14.3. The van der Waals surface area contributed by atoms with Crippen LogP contribution in [0.25, 0.3) is 11.3 Å². The lowest BCUT2D eigenvalue weighted by Crippen LogP contribution is -2.49. The molecule has 0 fully saturated rings. The van der Waals surface area contributed by atoms with Gasteiger partial charge in [0.25, 0.3) is 5.91 Å². The molecule has 0 bridgehead atoms. The van der Waals surface area contributed by atoms with Gasteiger partial charge in [-0.2, -0.15) is 0 Å². The van der Waals surface area contributed by atoms with Gasteiger partial charge in [-0.1, -0.05) is 23.7 Å². The van der Waals surface area contributed by atoms with Gasteiger partial charge in [0.05, 0.1) is 36.7 Å². The Hall–Kier alpha value is -3.27. The highest BCUT2D eigenvalue weighted by atomic mass is 35.5. The summed E-state index contributed by atoms with van der Waals surface area (Å²) in [6.07, 6.45) is 1.37. The fourth-order valence-electron chi connectivity index (χ4n) is 3.96. The minimum absolute atomic E-state index is 0.0106. The molecule has 0 aliphatic carbocycles. The zero-order chi connectivity index (χ0) is 25.3. The van der Waals surface area contributed by atoms with Crippen LogP contribution < -0.4 is 10.1 Å². The SMILES string of the molecule is COc1ccc(F)c(C(C)NC(=O)C(CO)N2Cc3ccc(-c4nc(Cl)ncc4Cl)cc3C2=O)c1. The van der Waals surface area contributed by atoms with E-state index in [1.165, 1.54) is 36.4 Å². The molecule has 2 N–H and O–H groups in total. The molecular formula is C24H21Cl2FN4O4. The Morgan fingerprint density at radius 3 is 2.77 bits per heavy atom. The number of methoxy groups -OCH3 is 1. The van der Waals surface area contributed by atoms with Gasteiger partial charge in [0, 0.05) is 23.2 Å². The van der Waals surface area contributed by atoms with E-state index >= 15 is 0 Å². The van der Waals surface area contributed by atoms with E-state index < -0.39 is 36.3 Å². The first-order valence-corrected chi connectivity index (χ1v) is 11.4. The number of hydrogen-bond acceptors (Lipinski definition) is 6. The van der Waals surface area contributed by atoms with Crippen molar-refractivity contribution >= 4 is 35.0 Å². The van der Waals surface area contributed by atoms with Crippen molar-refractivity contribution in [3.05, 3.63) is 75.4 Å². The fraction of sp³-hybridized carbons (Fsp3) is 0.250. The minimum atomic E-state index is -1.17. The van der Waals surface area contributed by atoms with E-state index in [-0.39, 0.29) is 22.4 Å². The number of amides is 2. The van der Waals surface area contributed by atoms with E-state index in [9.17, 15) is 19.1 Å². The lowest BCUT2D eigenvalue weighted by atomic mass is 10.0. The first-order chi connectivity index (χ1) is 16.7. The van der Waals surface area contributed by atoms with E-state index in [0.717, 1.165) is 0 Å². The van der Waals surface area contributed by atoms with Crippen molar-refractivity contribution in [3.63, 3.8) is 0 Å². The van der Waals surface area contributed by atoms with Crippen molar-refractivity contribution in [2.24, 2.45) is 0 Å². The maximum Gasteiger partial charge on any atom is 0.255 e. The van der Waals surface area contributed by atoms with Crippen molar-refractivity contribution in [2.45, 2.75) is 25.6 Å². The average molecular weight is 519 g/mol. The number of aromatic nitrogens is 2. The van der Waals surface area contributed by atoms with Crippen LogP contribution in [0.3, 0.4) is 0 Å². The van der Waals surface area contributed by atoms with Gasteiger partial charge in [-0.15, -0.1) is 0 Å². The third-order valence-corrected chi connectivity index (χ3v) is 6.27. The number of halogens is 3. The van der Waals surface area contributed by atoms with Crippen LogP contribution in [0.1, 0.15) is 34.5 Å². The van der Waals surface area contributed by atoms with E-state index in [2.05, 4.69) is 15.3 Å². The van der Waals surface area contributed by atoms with Crippen LogP contribution in [0.15, 0.2) is 42.6 Å². The number of rotatable bonds is 7. The Bertz CT molecular complexity index is 1310. The summed E-state index contributed by atoms with van der Waals surface area (Å²) in [6.45, 7) is 1.11.